The van der Waals surface area contributed by atoms with Crippen LogP contribution in [-0.4, -0.2) is 49.3 Å². The maximum Gasteiger partial charge on any atom is 0.329 e. The first kappa shape index (κ1) is 26.7. The van der Waals surface area contributed by atoms with Gasteiger partial charge >= 0.3 is 24.0 Å². The zero-order valence-corrected chi connectivity index (χ0v) is 19.6. The predicted molar refractivity (Wildman–Crippen MR) is 121 cm³/mol. The summed E-state index contributed by atoms with van der Waals surface area (Å²) in [5.74, 6) is -1.48. The van der Waals surface area contributed by atoms with E-state index in [2.05, 4.69) is 21.3 Å². The van der Waals surface area contributed by atoms with Gasteiger partial charge in [0.25, 0.3) is 0 Å². The molecule has 1 aromatic carbocycles. The number of hydrogen-bond acceptors (Lipinski definition) is 6. The van der Waals surface area contributed by atoms with Gasteiger partial charge in [-0.25, -0.2) is 19.2 Å². The zero-order valence-electron chi connectivity index (χ0n) is 19.6. The van der Waals surface area contributed by atoms with Crippen LogP contribution in [0.5, 0.6) is 0 Å². The number of para-hydroxylation sites is 2. The third-order valence-electron chi connectivity index (χ3n) is 4.39. The number of esters is 2. The standard InChI is InChI=1S/C22H34N4O6/c1-12(2)17(19(27)31-7)25-21(29)23-15-10-8-9-11-16(15)24-22(30)26-18(13(3)4)20(28)32-14(5)6/h8-14,17-18H,1-7H3,(H2,23,25,29)(H2,24,26,30)/t17-,18-/m0/s1. The molecule has 2 atom stereocenters. The second kappa shape index (κ2) is 12.5. The number of amides is 4. The fourth-order valence-electron chi connectivity index (χ4n) is 2.73. The number of rotatable bonds is 9. The lowest BCUT2D eigenvalue weighted by Crippen LogP contribution is -2.48. The number of carbonyl (C=O) groups excluding carboxylic acids is 4. The highest BCUT2D eigenvalue weighted by Gasteiger charge is 2.27. The molecule has 0 spiro atoms. The maximum atomic E-state index is 12.5. The highest BCUT2D eigenvalue weighted by atomic mass is 16.5. The van der Waals surface area contributed by atoms with Crippen molar-refractivity contribution in [3.63, 3.8) is 0 Å². The molecule has 0 aliphatic carbocycles. The van der Waals surface area contributed by atoms with Gasteiger partial charge in [-0.05, 0) is 37.8 Å². The number of methoxy groups -OCH3 is 1. The molecule has 4 N–H and O–H groups in total. The van der Waals surface area contributed by atoms with E-state index in [1.807, 2.05) is 0 Å². The van der Waals surface area contributed by atoms with Gasteiger partial charge in [0.05, 0.1) is 24.6 Å². The van der Waals surface area contributed by atoms with Crippen molar-refractivity contribution in [3.8, 4) is 0 Å². The molecule has 0 aromatic heterocycles. The summed E-state index contributed by atoms with van der Waals surface area (Å²) >= 11 is 0. The normalized spacial score (nSPS) is 12.7. The molecule has 0 heterocycles. The number of urea groups is 2. The van der Waals surface area contributed by atoms with Gasteiger partial charge in [-0.2, -0.15) is 0 Å². The number of anilines is 2. The summed E-state index contributed by atoms with van der Waals surface area (Å²) in [7, 11) is 1.25. The Hall–Kier alpha value is -3.30. The van der Waals surface area contributed by atoms with Crippen LogP contribution in [-0.2, 0) is 19.1 Å². The lowest BCUT2D eigenvalue weighted by Gasteiger charge is -2.23. The van der Waals surface area contributed by atoms with Crippen molar-refractivity contribution < 1.29 is 28.7 Å². The Bertz CT molecular complexity index is 809. The Kier molecular flexibility index (Phi) is 10.5. The van der Waals surface area contributed by atoms with Gasteiger partial charge in [0.1, 0.15) is 12.1 Å². The minimum atomic E-state index is -0.840. The van der Waals surface area contributed by atoms with E-state index in [9.17, 15) is 19.2 Å². The second-order valence-corrected chi connectivity index (χ2v) is 8.19. The van der Waals surface area contributed by atoms with Crippen molar-refractivity contribution in [1.82, 2.24) is 10.6 Å². The third kappa shape index (κ3) is 8.44. The predicted octanol–water partition coefficient (Wildman–Crippen LogP) is 3.10. The Morgan fingerprint density at radius 3 is 1.47 bits per heavy atom. The minimum Gasteiger partial charge on any atom is -0.467 e. The average molecular weight is 451 g/mol. The van der Waals surface area contributed by atoms with E-state index in [-0.39, 0.29) is 17.9 Å². The number of carbonyl (C=O) groups is 4. The van der Waals surface area contributed by atoms with Crippen LogP contribution < -0.4 is 21.3 Å². The summed E-state index contributed by atoms with van der Waals surface area (Å²) in [6, 6.07) is 3.59. The largest absolute Gasteiger partial charge is 0.467 e. The summed E-state index contributed by atoms with van der Waals surface area (Å²) < 4.78 is 9.92. The van der Waals surface area contributed by atoms with E-state index in [0.717, 1.165) is 0 Å². The van der Waals surface area contributed by atoms with Crippen LogP contribution >= 0.6 is 0 Å². The first-order valence-electron chi connectivity index (χ1n) is 10.5. The smallest absolute Gasteiger partial charge is 0.329 e. The Labute approximate surface area is 188 Å². The minimum absolute atomic E-state index is 0.189. The van der Waals surface area contributed by atoms with Crippen molar-refractivity contribution in [3.05, 3.63) is 24.3 Å². The molecule has 0 bridgehead atoms. The quantitative estimate of drug-likeness (QED) is 0.427. The highest BCUT2D eigenvalue weighted by molar-refractivity contribution is 6.00. The summed E-state index contributed by atoms with van der Waals surface area (Å²) in [5, 5.41) is 10.4. The summed E-state index contributed by atoms with van der Waals surface area (Å²) in [6.45, 7) is 10.6. The maximum absolute atomic E-state index is 12.5. The molecule has 0 saturated carbocycles. The van der Waals surface area contributed by atoms with Crippen molar-refractivity contribution >= 4 is 35.4 Å². The topological polar surface area (TPSA) is 135 Å². The van der Waals surface area contributed by atoms with Crippen molar-refractivity contribution in [1.29, 1.82) is 0 Å². The van der Waals surface area contributed by atoms with Gasteiger partial charge < -0.3 is 30.7 Å². The summed E-state index contributed by atoms with van der Waals surface area (Å²) in [4.78, 5) is 49.1. The van der Waals surface area contributed by atoms with E-state index in [1.54, 1.807) is 65.8 Å². The number of nitrogens with one attached hydrogen (secondary N) is 4. The van der Waals surface area contributed by atoms with Gasteiger partial charge in [0, 0.05) is 0 Å². The number of benzene rings is 1. The summed E-state index contributed by atoms with van der Waals surface area (Å²) in [5.41, 5.74) is 0.609. The fraction of sp³-hybridized carbons (Fsp3) is 0.545. The van der Waals surface area contributed by atoms with E-state index < -0.39 is 36.1 Å². The average Bonchev–Trinajstić information content (AvgIpc) is 2.70. The van der Waals surface area contributed by atoms with Gasteiger partial charge in [-0.15, -0.1) is 0 Å². The van der Waals surface area contributed by atoms with Crippen LogP contribution in [0.15, 0.2) is 24.3 Å². The molecular formula is C22H34N4O6. The fourth-order valence-corrected chi connectivity index (χ4v) is 2.73. The molecule has 32 heavy (non-hydrogen) atoms. The molecule has 0 fully saturated rings. The van der Waals surface area contributed by atoms with Gasteiger partial charge in [0.15, 0.2) is 0 Å². The lowest BCUT2D eigenvalue weighted by molar-refractivity contribution is -0.150. The second-order valence-electron chi connectivity index (χ2n) is 8.19. The molecule has 178 valence electrons. The Morgan fingerprint density at radius 2 is 1.12 bits per heavy atom. The van der Waals surface area contributed by atoms with Crippen LogP contribution in [0.1, 0.15) is 41.5 Å². The van der Waals surface area contributed by atoms with Crippen molar-refractivity contribution in [2.45, 2.75) is 59.7 Å². The molecular weight excluding hydrogens is 416 g/mol. The SMILES string of the molecule is COC(=O)[C@@H](NC(=O)Nc1ccccc1NC(=O)N[C@H](C(=O)OC(C)C)C(C)C)C(C)C. The van der Waals surface area contributed by atoms with E-state index in [0.29, 0.717) is 11.4 Å². The molecule has 0 unspecified atom stereocenters. The first-order valence-corrected chi connectivity index (χ1v) is 10.5. The van der Waals surface area contributed by atoms with Crippen molar-refractivity contribution in [2.24, 2.45) is 11.8 Å². The summed E-state index contributed by atoms with van der Waals surface area (Å²) in [6.07, 6.45) is -0.309. The van der Waals surface area contributed by atoms with Crippen LogP contribution in [0.3, 0.4) is 0 Å². The Morgan fingerprint density at radius 1 is 0.719 bits per heavy atom. The first-order chi connectivity index (χ1) is 15.0. The molecule has 0 radical (unpaired) electrons. The molecule has 10 heteroatoms. The molecule has 0 aliphatic rings. The van der Waals surface area contributed by atoms with Gasteiger partial charge in [0.2, 0.25) is 0 Å². The number of ether oxygens (including phenoxy) is 2. The molecule has 1 aromatic rings. The van der Waals surface area contributed by atoms with Crippen LogP contribution in [0, 0.1) is 11.8 Å². The molecule has 0 saturated heterocycles. The third-order valence-corrected chi connectivity index (χ3v) is 4.39. The Balaban J connectivity index is 2.88. The zero-order chi connectivity index (χ0) is 24.4. The van der Waals surface area contributed by atoms with E-state index in [1.165, 1.54) is 7.11 Å². The molecule has 4 amide bonds. The van der Waals surface area contributed by atoms with Crippen LogP contribution in [0.2, 0.25) is 0 Å². The monoisotopic (exact) mass is 450 g/mol. The molecule has 0 aliphatic heterocycles. The van der Waals surface area contributed by atoms with Gasteiger partial charge in [-0.3, -0.25) is 0 Å². The van der Waals surface area contributed by atoms with Crippen LogP contribution in [0.25, 0.3) is 0 Å². The van der Waals surface area contributed by atoms with Crippen molar-refractivity contribution in [2.75, 3.05) is 17.7 Å². The van der Waals surface area contributed by atoms with E-state index in [4.69, 9.17) is 9.47 Å². The van der Waals surface area contributed by atoms with Crippen LogP contribution in [0.4, 0.5) is 21.0 Å². The van der Waals surface area contributed by atoms with Gasteiger partial charge in [-0.1, -0.05) is 39.8 Å². The molecule has 10 nitrogen and oxygen atoms in total. The lowest BCUT2D eigenvalue weighted by atomic mass is 10.1. The highest BCUT2D eigenvalue weighted by Crippen LogP contribution is 2.21. The van der Waals surface area contributed by atoms with E-state index >= 15 is 0 Å². The number of hydrogen-bond donors (Lipinski definition) is 4. The molecule has 1 rings (SSSR count).